The molecular weight excluding hydrogens is 302 g/mol. The van der Waals surface area contributed by atoms with Crippen molar-refractivity contribution in [1.29, 1.82) is 0 Å². The molecule has 0 unspecified atom stereocenters. The molecule has 4 rings (SSSR count). The van der Waals surface area contributed by atoms with Gasteiger partial charge in [-0.2, -0.15) is 0 Å². The number of carbonyl (C=O) groups is 1. The highest BCUT2D eigenvalue weighted by atomic mass is 16.4. The van der Waals surface area contributed by atoms with Crippen LogP contribution in [0.5, 0.6) is 0 Å². The lowest BCUT2D eigenvalue weighted by atomic mass is 9.92. The van der Waals surface area contributed by atoms with Crippen molar-refractivity contribution in [3.8, 4) is 0 Å². The van der Waals surface area contributed by atoms with Gasteiger partial charge < -0.3 is 14.9 Å². The fraction of sp³-hybridized carbons (Fsp3) is 0.368. The Kier molecular flexibility index (Phi) is 3.84. The van der Waals surface area contributed by atoms with E-state index in [1.54, 1.807) is 0 Å². The van der Waals surface area contributed by atoms with Crippen LogP contribution in [0.15, 0.2) is 42.6 Å². The number of hydrogen-bond acceptors (Lipinski definition) is 3. The second kappa shape index (κ2) is 6.15. The molecule has 5 heteroatoms. The molecule has 1 amide bonds. The number of hydrogen-bond donors (Lipinski definition) is 1. The van der Waals surface area contributed by atoms with Crippen LogP contribution in [0.25, 0.3) is 0 Å². The van der Waals surface area contributed by atoms with Gasteiger partial charge in [-0.05, 0) is 43.0 Å². The highest BCUT2D eigenvalue weighted by Gasteiger charge is 2.29. The number of para-hydroxylation sites is 1. The van der Waals surface area contributed by atoms with Crippen molar-refractivity contribution >= 4 is 17.5 Å². The molecule has 2 aliphatic heterocycles. The van der Waals surface area contributed by atoms with Gasteiger partial charge in [-0.3, -0.25) is 4.98 Å². The normalized spacial score (nSPS) is 17.8. The van der Waals surface area contributed by atoms with Crippen LogP contribution in [-0.4, -0.2) is 40.7 Å². The number of amides is 1. The fourth-order valence-electron chi connectivity index (χ4n) is 3.88. The van der Waals surface area contributed by atoms with Gasteiger partial charge in [0.1, 0.15) is 0 Å². The molecule has 1 saturated heterocycles. The number of aromatic nitrogens is 1. The van der Waals surface area contributed by atoms with Crippen LogP contribution in [0.1, 0.15) is 30.0 Å². The van der Waals surface area contributed by atoms with Gasteiger partial charge >= 0.3 is 6.09 Å². The number of anilines is 2. The summed E-state index contributed by atoms with van der Waals surface area (Å²) in [5.41, 5.74) is 4.94. The molecule has 2 aliphatic rings. The molecule has 1 fully saturated rings. The van der Waals surface area contributed by atoms with Crippen LogP contribution in [0, 0.1) is 0 Å². The lowest BCUT2D eigenvalue weighted by Gasteiger charge is -2.32. The first-order valence-electron chi connectivity index (χ1n) is 8.52. The zero-order chi connectivity index (χ0) is 16.5. The highest BCUT2D eigenvalue weighted by molar-refractivity contribution is 5.71. The van der Waals surface area contributed by atoms with Crippen molar-refractivity contribution in [1.82, 2.24) is 9.88 Å². The summed E-state index contributed by atoms with van der Waals surface area (Å²) in [6.07, 6.45) is 3.77. The van der Waals surface area contributed by atoms with Crippen LogP contribution in [0.3, 0.4) is 0 Å². The number of likely N-dealkylation sites (tertiary alicyclic amines) is 1. The van der Waals surface area contributed by atoms with Crippen molar-refractivity contribution in [3.63, 3.8) is 0 Å². The summed E-state index contributed by atoms with van der Waals surface area (Å²) in [6.45, 7) is 2.16. The van der Waals surface area contributed by atoms with Gasteiger partial charge in [-0.15, -0.1) is 0 Å². The van der Waals surface area contributed by atoms with Crippen LogP contribution in [-0.2, 0) is 6.42 Å². The fourth-order valence-corrected chi connectivity index (χ4v) is 3.88. The van der Waals surface area contributed by atoms with Gasteiger partial charge in [0.05, 0.1) is 11.4 Å². The summed E-state index contributed by atoms with van der Waals surface area (Å²) in [6, 6.07) is 12.7. The minimum absolute atomic E-state index is 0.324. The van der Waals surface area contributed by atoms with E-state index in [-0.39, 0.29) is 0 Å². The van der Waals surface area contributed by atoms with Crippen LogP contribution >= 0.6 is 0 Å². The Balaban J connectivity index is 1.62. The summed E-state index contributed by atoms with van der Waals surface area (Å²) >= 11 is 0. The number of pyridine rings is 1. The summed E-state index contributed by atoms with van der Waals surface area (Å²) in [7, 11) is 0. The molecule has 0 spiro atoms. The van der Waals surface area contributed by atoms with E-state index >= 15 is 0 Å². The molecule has 1 aromatic heterocycles. The summed E-state index contributed by atoms with van der Waals surface area (Å²) in [5, 5.41) is 9.13. The molecule has 3 heterocycles. The van der Waals surface area contributed by atoms with Crippen molar-refractivity contribution in [2.45, 2.75) is 25.2 Å². The Morgan fingerprint density at radius 3 is 2.58 bits per heavy atom. The first-order chi connectivity index (χ1) is 11.7. The maximum atomic E-state index is 11.1. The monoisotopic (exact) mass is 323 g/mol. The van der Waals surface area contributed by atoms with Crippen molar-refractivity contribution in [3.05, 3.63) is 53.9 Å². The second-order valence-corrected chi connectivity index (χ2v) is 6.48. The van der Waals surface area contributed by atoms with Gasteiger partial charge in [0.2, 0.25) is 0 Å². The number of rotatable bonds is 2. The molecule has 24 heavy (non-hydrogen) atoms. The van der Waals surface area contributed by atoms with Gasteiger partial charge in [0.15, 0.2) is 0 Å². The largest absolute Gasteiger partial charge is 0.465 e. The molecule has 0 aliphatic carbocycles. The van der Waals surface area contributed by atoms with E-state index in [1.165, 1.54) is 21.8 Å². The third kappa shape index (κ3) is 2.60. The predicted molar refractivity (Wildman–Crippen MR) is 93.0 cm³/mol. The van der Waals surface area contributed by atoms with E-state index in [9.17, 15) is 4.79 Å². The third-order valence-corrected chi connectivity index (χ3v) is 5.15. The Morgan fingerprint density at radius 2 is 1.79 bits per heavy atom. The van der Waals surface area contributed by atoms with Gasteiger partial charge in [0, 0.05) is 37.4 Å². The number of fused-ring (bicyclic) bond motifs is 1. The predicted octanol–water partition coefficient (Wildman–Crippen LogP) is 3.63. The van der Waals surface area contributed by atoms with Crippen molar-refractivity contribution in [2.75, 3.05) is 24.5 Å². The van der Waals surface area contributed by atoms with Crippen molar-refractivity contribution in [2.24, 2.45) is 0 Å². The topological polar surface area (TPSA) is 56.7 Å². The maximum absolute atomic E-state index is 11.1. The van der Waals surface area contributed by atoms with E-state index in [0.29, 0.717) is 19.0 Å². The zero-order valence-corrected chi connectivity index (χ0v) is 13.6. The lowest BCUT2D eigenvalue weighted by molar-refractivity contribution is 0.132. The zero-order valence-electron chi connectivity index (χ0n) is 13.6. The lowest BCUT2D eigenvalue weighted by Crippen LogP contribution is -2.37. The second-order valence-electron chi connectivity index (χ2n) is 6.48. The molecule has 0 saturated carbocycles. The van der Waals surface area contributed by atoms with E-state index in [1.807, 2.05) is 12.3 Å². The van der Waals surface area contributed by atoms with Crippen LogP contribution in [0.4, 0.5) is 16.2 Å². The molecule has 0 atom stereocenters. The number of benzene rings is 1. The number of piperidine rings is 1. The van der Waals surface area contributed by atoms with E-state index in [0.717, 1.165) is 31.5 Å². The molecule has 5 nitrogen and oxygen atoms in total. The summed E-state index contributed by atoms with van der Waals surface area (Å²) in [4.78, 5) is 19.7. The van der Waals surface area contributed by atoms with E-state index < -0.39 is 6.09 Å². The average Bonchev–Trinajstić information content (AvgIpc) is 3.06. The Labute approximate surface area is 141 Å². The highest BCUT2D eigenvalue weighted by Crippen LogP contribution is 2.39. The number of carboxylic acid groups (broad SMARTS) is 1. The molecule has 2 aromatic rings. The van der Waals surface area contributed by atoms with Gasteiger partial charge in [-0.25, -0.2) is 4.79 Å². The average molecular weight is 323 g/mol. The molecule has 0 radical (unpaired) electrons. The molecule has 1 aromatic carbocycles. The summed E-state index contributed by atoms with van der Waals surface area (Å²) in [5.74, 6) is 0.324. The van der Waals surface area contributed by atoms with Crippen LogP contribution in [0.2, 0.25) is 0 Å². The first-order valence-corrected chi connectivity index (χ1v) is 8.52. The Hall–Kier alpha value is -2.56. The van der Waals surface area contributed by atoms with Gasteiger partial charge in [-0.1, -0.05) is 18.2 Å². The van der Waals surface area contributed by atoms with E-state index in [2.05, 4.69) is 40.2 Å². The van der Waals surface area contributed by atoms with Gasteiger partial charge in [0.25, 0.3) is 0 Å². The molecule has 1 N–H and O–H groups in total. The van der Waals surface area contributed by atoms with Crippen LogP contribution < -0.4 is 4.90 Å². The standard InChI is InChI=1S/C19H21N3O2/c23-19(24)21-11-7-15(8-12-21)18-17(6-3-10-20-18)22-13-9-14-4-1-2-5-16(14)22/h1-6,10,15H,7-9,11-13H2,(H,23,24). The first kappa shape index (κ1) is 15.0. The van der Waals surface area contributed by atoms with E-state index in [4.69, 9.17) is 5.11 Å². The van der Waals surface area contributed by atoms with Crippen molar-refractivity contribution < 1.29 is 9.90 Å². The Bertz CT molecular complexity index is 754. The maximum Gasteiger partial charge on any atom is 0.407 e. The minimum atomic E-state index is -0.817. The smallest absolute Gasteiger partial charge is 0.407 e. The molecule has 124 valence electrons. The molecular formula is C19H21N3O2. The third-order valence-electron chi connectivity index (χ3n) is 5.15. The number of nitrogens with zero attached hydrogens (tertiary/aromatic N) is 3. The minimum Gasteiger partial charge on any atom is -0.465 e. The summed E-state index contributed by atoms with van der Waals surface area (Å²) < 4.78 is 0. The molecule has 0 bridgehead atoms. The quantitative estimate of drug-likeness (QED) is 0.917. The Morgan fingerprint density at radius 1 is 1.04 bits per heavy atom. The SMILES string of the molecule is O=C(O)N1CCC(c2ncccc2N2CCc3ccccc32)CC1.